The van der Waals surface area contributed by atoms with Gasteiger partial charge in [-0.25, -0.2) is 19.0 Å². The third-order valence-electron chi connectivity index (χ3n) is 2.24. The normalized spacial score (nSPS) is 10.4. The zero-order valence-electron chi connectivity index (χ0n) is 12.6. The number of carboxylic acids is 1. The second-order valence-corrected chi connectivity index (χ2v) is 5.31. The zero-order valence-corrected chi connectivity index (χ0v) is 12.6. The summed E-state index contributed by atoms with van der Waals surface area (Å²) in [4.78, 5) is 25.8. The quantitative estimate of drug-likeness (QED) is 0.660. The van der Waals surface area contributed by atoms with E-state index in [0.29, 0.717) is 0 Å². The van der Waals surface area contributed by atoms with Gasteiger partial charge in [0.05, 0.1) is 5.56 Å². The molecule has 1 amide bonds. The molecule has 0 aromatic carbocycles. The molecule has 1 rings (SSSR count). The monoisotopic (exact) mass is 308 g/mol. The zero-order chi connectivity index (χ0) is 16.8. The Morgan fingerprint density at radius 3 is 2.73 bits per heavy atom. The summed E-state index contributed by atoms with van der Waals surface area (Å²) in [6.45, 7) is 5.46. The maximum atomic E-state index is 13.7. The topological polar surface area (TPSA) is 88.5 Å². The molecule has 22 heavy (non-hydrogen) atoms. The molecule has 2 N–H and O–H groups in total. The molecule has 1 aromatic heterocycles. The molecule has 0 bridgehead atoms. The van der Waals surface area contributed by atoms with Crippen LogP contribution in [0.15, 0.2) is 12.3 Å². The molecular weight excluding hydrogens is 291 g/mol. The standard InChI is InChI=1S/C15H17FN2O4/c1-15(2,3)22-14(21)18-8-5-4-6-11-12(16)10(13(19)20)7-9-17-11/h7,9H,5,8H2,1-3H3,(H,18,21)(H,19,20). The Balaban J connectivity index is 2.54. The molecule has 0 aliphatic heterocycles. The molecule has 0 aliphatic rings. The van der Waals surface area contributed by atoms with E-state index in [4.69, 9.17) is 9.84 Å². The summed E-state index contributed by atoms with van der Waals surface area (Å²) in [5, 5.41) is 11.3. The maximum Gasteiger partial charge on any atom is 0.407 e. The summed E-state index contributed by atoms with van der Waals surface area (Å²) >= 11 is 0. The predicted molar refractivity (Wildman–Crippen MR) is 76.9 cm³/mol. The van der Waals surface area contributed by atoms with Crippen molar-refractivity contribution in [1.29, 1.82) is 0 Å². The molecule has 0 spiro atoms. The summed E-state index contributed by atoms with van der Waals surface area (Å²) in [5.41, 5.74) is -1.30. The van der Waals surface area contributed by atoms with Crippen LogP contribution in [0.5, 0.6) is 0 Å². The average molecular weight is 308 g/mol. The minimum atomic E-state index is -1.38. The molecule has 1 aromatic rings. The van der Waals surface area contributed by atoms with Crippen molar-refractivity contribution in [2.45, 2.75) is 32.8 Å². The number of alkyl carbamates (subject to hydrolysis) is 1. The van der Waals surface area contributed by atoms with Crippen molar-refractivity contribution >= 4 is 12.1 Å². The first-order valence-corrected chi connectivity index (χ1v) is 6.54. The van der Waals surface area contributed by atoms with Gasteiger partial charge in [-0.2, -0.15) is 0 Å². The van der Waals surface area contributed by atoms with Gasteiger partial charge in [-0.1, -0.05) is 5.92 Å². The largest absolute Gasteiger partial charge is 0.478 e. The second-order valence-electron chi connectivity index (χ2n) is 5.31. The first-order chi connectivity index (χ1) is 10.2. The average Bonchev–Trinajstić information content (AvgIpc) is 2.37. The van der Waals surface area contributed by atoms with Crippen molar-refractivity contribution in [2.24, 2.45) is 0 Å². The summed E-state index contributed by atoms with van der Waals surface area (Å²) in [7, 11) is 0. The van der Waals surface area contributed by atoms with Gasteiger partial charge in [0.15, 0.2) is 5.82 Å². The van der Waals surface area contributed by atoms with E-state index in [0.717, 1.165) is 6.07 Å². The number of pyridine rings is 1. The number of halogens is 1. The van der Waals surface area contributed by atoms with Crippen LogP contribution in [0.4, 0.5) is 9.18 Å². The number of ether oxygens (including phenoxy) is 1. The van der Waals surface area contributed by atoms with E-state index in [1.54, 1.807) is 20.8 Å². The van der Waals surface area contributed by atoms with Gasteiger partial charge in [0, 0.05) is 19.2 Å². The van der Waals surface area contributed by atoms with Crippen molar-refractivity contribution in [2.75, 3.05) is 6.54 Å². The van der Waals surface area contributed by atoms with Crippen LogP contribution in [0.3, 0.4) is 0 Å². The summed E-state index contributed by atoms with van der Waals surface area (Å²) in [6, 6.07) is 1.06. The van der Waals surface area contributed by atoms with Crippen LogP contribution >= 0.6 is 0 Å². The van der Waals surface area contributed by atoms with Gasteiger partial charge >= 0.3 is 12.1 Å². The molecular formula is C15H17FN2O4. The molecule has 118 valence electrons. The number of nitrogens with one attached hydrogen (secondary N) is 1. The summed E-state index contributed by atoms with van der Waals surface area (Å²) in [6.07, 6.45) is 0.860. The minimum Gasteiger partial charge on any atom is -0.478 e. The Bertz CT molecular complexity index is 627. The van der Waals surface area contributed by atoms with Gasteiger partial charge in [-0.3, -0.25) is 0 Å². The molecule has 0 aliphatic carbocycles. The molecule has 0 fully saturated rings. The molecule has 1 heterocycles. The number of nitrogens with zero attached hydrogens (tertiary/aromatic N) is 1. The highest BCUT2D eigenvalue weighted by Crippen LogP contribution is 2.09. The number of amides is 1. The van der Waals surface area contributed by atoms with E-state index in [9.17, 15) is 14.0 Å². The fourth-order valence-electron chi connectivity index (χ4n) is 1.38. The Kier molecular flexibility index (Phi) is 5.87. The van der Waals surface area contributed by atoms with Crippen LogP contribution in [0.2, 0.25) is 0 Å². The Morgan fingerprint density at radius 1 is 1.45 bits per heavy atom. The summed E-state index contributed by atoms with van der Waals surface area (Å²) in [5.74, 6) is 2.70. The van der Waals surface area contributed by atoms with E-state index in [1.165, 1.54) is 6.20 Å². The number of hydrogen-bond donors (Lipinski definition) is 2. The number of carbonyl (C=O) groups is 2. The van der Waals surface area contributed by atoms with Crippen molar-refractivity contribution in [3.05, 3.63) is 29.3 Å². The first-order valence-electron chi connectivity index (χ1n) is 6.54. The fraction of sp³-hybridized carbons (Fsp3) is 0.400. The van der Waals surface area contributed by atoms with Crippen LogP contribution in [0, 0.1) is 17.7 Å². The molecule has 6 nitrogen and oxygen atoms in total. The lowest BCUT2D eigenvalue weighted by Crippen LogP contribution is -2.32. The molecule has 7 heteroatoms. The highest BCUT2D eigenvalue weighted by atomic mass is 19.1. The highest BCUT2D eigenvalue weighted by molar-refractivity contribution is 5.88. The number of aromatic carboxylic acids is 1. The van der Waals surface area contributed by atoms with Gasteiger partial charge in [0.1, 0.15) is 11.3 Å². The second kappa shape index (κ2) is 7.41. The molecule has 0 radical (unpaired) electrons. The number of carbonyl (C=O) groups excluding carboxylic acids is 1. The lowest BCUT2D eigenvalue weighted by atomic mass is 10.2. The number of rotatable bonds is 3. The minimum absolute atomic E-state index is 0.224. The van der Waals surface area contributed by atoms with Crippen molar-refractivity contribution in [3.8, 4) is 11.8 Å². The smallest absolute Gasteiger partial charge is 0.407 e. The van der Waals surface area contributed by atoms with Gasteiger partial charge < -0.3 is 15.2 Å². The Hall–Kier alpha value is -2.62. The van der Waals surface area contributed by atoms with Gasteiger partial charge in [0.2, 0.25) is 0 Å². The van der Waals surface area contributed by atoms with E-state index in [2.05, 4.69) is 22.1 Å². The van der Waals surface area contributed by atoms with Crippen molar-refractivity contribution in [1.82, 2.24) is 10.3 Å². The predicted octanol–water partition coefficient (Wildman–Crippen LogP) is 2.19. The van der Waals surface area contributed by atoms with Gasteiger partial charge in [-0.05, 0) is 32.8 Å². The van der Waals surface area contributed by atoms with Crippen molar-refractivity contribution in [3.63, 3.8) is 0 Å². The third-order valence-corrected chi connectivity index (χ3v) is 2.24. The first kappa shape index (κ1) is 17.4. The van der Waals surface area contributed by atoms with Crippen LogP contribution in [-0.2, 0) is 4.74 Å². The molecule has 0 saturated heterocycles. The lowest BCUT2D eigenvalue weighted by molar-refractivity contribution is 0.0528. The number of aromatic nitrogens is 1. The highest BCUT2D eigenvalue weighted by Gasteiger charge is 2.15. The lowest BCUT2D eigenvalue weighted by Gasteiger charge is -2.19. The Labute approximate surface area is 127 Å². The SMILES string of the molecule is CC(C)(C)OC(=O)NCCC#Cc1nccc(C(=O)O)c1F. The summed E-state index contributed by atoms with van der Waals surface area (Å²) < 4.78 is 18.7. The van der Waals surface area contributed by atoms with Gasteiger partial charge in [0.25, 0.3) is 0 Å². The van der Waals surface area contributed by atoms with Crippen LogP contribution < -0.4 is 5.32 Å². The Morgan fingerprint density at radius 2 is 2.14 bits per heavy atom. The van der Waals surface area contributed by atoms with E-state index >= 15 is 0 Å². The van der Waals surface area contributed by atoms with Crippen LogP contribution in [0.1, 0.15) is 43.2 Å². The van der Waals surface area contributed by atoms with Crippen LogP contribution in [-0.4, -0.2) is 34.3 Å². The maximum absolute atomic E-state index is 13.7. The van der Waals surface area contributed by atoms with E-state index < -0.39 is 29.0 Å². The number of carboxylic acid groups (broad SMARTS) is 1. The number of hydrogen-bond acceptors (Lipinski definition) is 4. The molecule has 0 atom stereocenters. The van der Waals surface area contributed by atoms with E-state index in [1.807, 2.05) is 0 Å². The third kappa shape index (κ3) is 5.79. The fourth-order valence-corrected chi connectivity index (χ4v) is 1.38. The van der Waals surface area contributed by atoms with Gasteiger partial charge in [-0.15, -0.1) is 0 Å². The molecule has 0 unspecified atom stereocenters. The van der Waals surface area contributed by atoms with Crippen molar-refractivity contribution < 1.29 is 23.8 Å². The van der Waals surface area contributed by atoms with E-state index in [-0.39, 0.29) is 18.7 Å². The van der Waals surface area contributed by atoms with Crippen LogP contribution in [0.25, 0.3) is 0 Å². The molecule has 0 saturated carbocycles.